The minimum absolute atomic E-state index is 0.517. The van der Waals surface area contributed by atoms with Gasteiger partial charge >= 0.3 is 6.92 Å². The van der Waals surface area contributed by atoms with Gasteiger partial charge in [-0.25, -0.2) is 0 Å². The molecule has 6 heavy (non-hydrogen) atoms. The first-order chi connectivity index (χ1) is 2.77. The number of rotatable bonds is 2. The van der Waals surface area contributed by atoms with Crippen molar-refractivity contribution in [2.75, 3.05) is 13.3 Å². The molecule has 0 saturated carbocycles. The minimum atomic E-state index is -0.517. The summed E-state index contributed by atoms with van der Waals surface area (Å²) in [6, 6.07) is 0. The smallest absolute Gasteiger partial charge is 0.169 e. The zero-order valence-corrected chi connectivity index (χ0v) is 5.68. The van der Waals surface area contributed by atoms with Crippen LogP contribution in [0.2, 0.25) is 0 Å². The molecule has 0 spiro atoms. The maximum atomic E-state index is 4.92. The molecule has 0 rings (SSSR count). The summed E-state index contributed by atoms with van der Waals surface area (Å²) >= 11 is 4.72. The monoisotopic (exact) mass is 123 g/mol. The van der Waals surface area contributed by atoms with Crippen molar-refractivity contribution in [2.45, 2.75) is 6.92 Å². The molecule has 0 aromatic carbocycles. The van der Waals surface area contributed by atoms with Crippen molar-refractivity contribution in [3.63, 3.8) is 0 Å². The molecule has 1 unspecified atom stereocenters. The van der Waals surface area contributed by atoms with Gasteiger partial charge in [-0.15, -0.1) is 0 Å². The second-order valence-corrected chi connectivity index (χ2v) is 3.54. The number of hydrogen-bond donors (Lipinski definition) is 0. The molecule has 1 atom stereocenters. The predicted octanol–water partition coefficient (Wildman–Crippen LogP) is 1.51. The molecular weight excluding hydrogens is 115 g/mol. The highest BCUT2D eigenvalue weighted by molar-refractivity contribution is 8.02. The Bertz CT molecular complexity index is 54.8. The van der Waals surface area contributed by atoms with Gasteiger partial charge in [-0.1, -0.05) is 0 Å². The molecule has 0 aromatic heterocycles. The maximum Gasteiger partial charge on any atom is 0.333 e. The molecule has 0 aromatic rings. The quantitative estimate of drug-likeness (QED) is 0.515. The largest absolute Gasteiger partial charge is 0.333 e. The van der Waals surface area contributed by atoms with Gasteiger partial charge in [0, 0.05) is 0 Å². The zero-order chi connectivity index (χ0) is 4.99. The van der Waals surface area contributed by atoms with Gasteiger partial charge in [0.2, 0.25) is 0 Å². The van der Waals surface area contributed by atoms with Gasteiger partial charge < -0.3 is 0 Å². The average molecular weight is 123 g/mol. The van der Waals surface area contributed by atoms with E-state index in [4.69, 9.17) is 16.3 Å². The van der Waals surface area contributed by atoms with Crippen molar-refractivity contribution in [1.29, 1.82) is 0 Å². The van der Waals surface area contributed by atoms with Crippen LogP contribution in [0.3, 0.4) is 0 Å². The standard InChI is InChI=1S/C3H8OPS/c1-3-4-5(2)6/h3H2,1-2H3/q+1. The van der Waals surface area contributed by atoms with Crippen LogP contribution in [0.1, 0.15) is 6.92 Å². The highest BCUT2D eigenvalue weighted by Crippen LogP contribution is 2.13. The van der Waals surface area contributed by atoms with Crippen LogP contribution in [0.4, 0.5) is 0 Å². The van der Waals surface area contributed by atoms with E-state index in [-0.39, 0.29) is 0 Å². The third-order valence-electron chi connectivity index (χ3n) is 0.311. The Morgan fingerprint density at radius 1 is 1.83 bits per heavy atom. The fourth-order valence-electron chi connectivity index (χ4n) is 0.182. The van der Waals surface area contributed by atoms with E-state index in [1.807, 2.05) is 13.6 Å². The molecule has 0 bridgehead atoms. The Kier molecular flexibility index (Phi) is 3.96. The second-order valence-electron chi connectivity index (χ2n) is 0.857. The van der Waals surface area contributed by atoms with Crippen molar-refractivity contribution >= 4 is 18.7 Å². The van der Waals surface area contributed by atoms with Crippen molar-refractivity contribution in [3.8, 4) is 0 Å². The maximum absolute atomic E-state index is 4.92. The molecule has 0 fully saturated rings. The van der Waals surface area contributed by atoms with Crippen molar-refractivity contribution in [3.05, 3.63) is 0 Å². The van der Waals surface area contributed by atoms with E-state index < -0.39 is 6.92 Å². The molecule has 0 N–H and O–H groups in total. The molecular formula is C3H8OPS+. The summed E-state index contributed by atoms with van der Waals surface area (Å²) in [7, 11) is 0. The molecule has 0 aliphatic carbocycles. The van der Waals surface area contributed by atoms with Gasteiger partial charge in [0.05, 0.1) is 6.61 Å². The third-order valence-corrected chi connectivity index (χ3v) is 1.25. The highest BCUT2D eigenvalue weighted by Gasteiger charge is 1.93. The Morgan fingerprint density at radius 3 is 2.33 bits per heavy atom. The van der Waals surface area contributed by atoms with Gasteiger partial charge in [-0.2, -0.15) is 4.52 Å². The fourth-order valence-corrected chi connectivity index (χ4v) is 0.862. The van der Waals surface area contributed by atoms with Crippen molar-refractivity contribution < 1.29 is 4.52 Å². The van der Waals surface area contributed by atoms with Gasteiger partial charge in [-0.05, 0) is 6.92 Å². The summed E-state index contributed by atoms with van der Waals surface area (Å²) in [5.74, 6) is 0. The lowest BCUT2D eigenvalue weighted by molar-refractivity contribution is 0.391. The van der Waals surface area contributed by atoms with Crippen molar-refractivity contribution in [1.82, 2.24) is 0 Å². The van der Waals surface area contributed by atoms with Gasteiger partial charge in [-0.3, -0.25) is 0 Å². The van der Waals surface area contributed by atoms with Crippen LogP contribution in [0.25, 0.3) is 0 Å². The van der Waals surface area contributed by atoms with E-state index in [2.05, 4.69) is 0 Å². The molecule has 0 saturated heterocycles. The minimum Gasteiger partial charge on any atom is -0.169 e. The van der Waals surface area contributed by atoms with Crippen molar-refractivity contribution in [2.24, 2.45) is 0 Å². The van der Waals surface area contributed by atoms with Gasteiger partial charge in [0.1, 0.15) is 6.66 Å². The molecule has 0 aliphatic rings. The van der Waals surface area contributed by atoms with E-state index in [9.17, 15) is 0 Å². The lowest BCUT2D eigenvalue weighted by Gasteiger charge is -1.74. The van der Waals surface area contributed by atoms with Crippen LogP contribution >= 0.6 is 6.92 Å². The van der Waals surface area contributed by atoms with Gasteiger partial charge in [0.25, 0.3) is 0 Å². The Hall–Kier alpha value is 0.480. The van der Waals surface area contributed by atoms with Crippen LogP contribution in [0.5, 0.6) is 0 Å². The first-order valence-electron chi connectivity index (χ1n) is 1.81. The number of hydrogen-bond acceptors (Lipinski definition) is 2. The third kappa shape index (κ3) is 4.48. The molecule has 0 amide bonds. The van der Waals surface area contributed by atoms with Crippen LogP contribution in [0.15, 0.2) is 0 Å². The molecule has 0 radical (unpaired) electrons. The normalized spacial score (nSPS) is 11.3. The first-order valence-corrected chi connectivity index (χ1v) is 4.53. The molecule has 0 heterocycles. The summed E-state index contributed by atoms with van der Waals surface area (Å²) in [4.78, 5) is 0. The Balaban J connectivity index is 2.83. The summed E-state index contributed by atoms with van der Waals surface area (Å²) in [5.41, 5.74) is 0. The van der Waals surface area contributed by atoms with Gasteiger partial charge in [0.15, 0.2) is 11.8 Å². The van der Waals surface area contributed by atoms with E-state index in [0.717, 1.165) is 6.61 Å². The zero-order valence-electron chi connectivity index (χ0n) is 3.97. The fraction of sp³-hybridized carbons (Fsp3) is 1.00. The lowest BCUT2D eigenvalue weighted by atomic mass is 10.9. The molecule has 3 heteroatoms. The van der Waals surface area contributed by atoms with E-state index >= 15 is 0 Å². The second kappa shape index (κ2) is 3.66. The lowest BCUT2D eigenvalue weighted by Crippen LogP contribution is -1.71. The summed E-state index contributed by atoms with van der Waals surface area (Å²) in [5, 5.41) is 0. The predicted molar refractivity (Wildman–Crippen MR) is 31.8 cm³/mol. The SMILES string of the molecule is CCO[P+](C)=S. The summed E-state index contributed by atoms with van der Waals surface area (Å²) in [6.07, 6.45) is 0. The highest BCUT2D eigenvalue weighted by atomic mass is 32.4. The average Bonchev–Trinajstić information content (AvgIpc) is 1.35. The molecule has 36 valence electrons. The Labute approximate surface area is 44.2 Å². The molecule has 1 nitrogen and oxygen atoms in total. The first kappa shape index (κ1) is 6.48. The molecule has 0 aliphatic heterocycles. The van der Waals surface area contributed by atoms with Crippen LogP contribution in [-0.4, -0.2) is 13.3 Å². The van der Waals surface area contributed by atoms with Crippen LogP contribution in [-0.2, 0) is 16.3 Å². The van der Waals surface area contributed by atoms with E-state index in [0.29, 0.717) is 0 Å². The van der Waals surface area contributed by atoms with Crippen LogP contribution in [0, 0.1) is 0 Å². The topological polar surface area (TPSA) is 9.23 Å². The Morgan fingerprint density at radius 2 is 2.33 bits per heavy atom. The van der Waals surface area contributed by atoms with E-state index in [1.165, 1.54) is 0 Å². The summed E-state index contributed by atoms with van der Waals surface area (Å²) < 4.78 is 4.92. The summed E-state index contributed by atoms with van der Waals surface area (Å²) in [6.45, 7) is 4.10. The van der Waals surface area contributed by atoms with E-state index in [1.54, 1.807) is 0 Å². The van der Waals surface area contributed by atoms with Crippen LogP contribution < -0.4 is 0 Å².